The second kappa shape index (κ2) is 3.65. The smallest absolute Gasteiger partial charge is 0.295 e. The topological polar surface area (TPSA) is 129 Å². The average molecular weight is 270 g/mol. The molecule has 1 aliphatic rings. The first-order valence-corrected chi connectivity index (χ1v) is 6.00. The van der Waals surface area contributed by atoms with Crippen LogP contribution in [0.15, 0.2) is 23.1 Å². The predicted molar refractivity (Wildman–Crippen MR) is 57.4 cm³/mol. The van der Waals surface area contributed by atoms with Crippen molar-refractivity contribution in [1.82, 2.24) is 0 Å². The summed E-state index contributed by atoms with van der Waals surface area (Å²) in [5.74, 6) is -3.53. The third-order valence-electron chi connectivity index (χ3n) is 2.40. The molecule has 18 heavy (non-hydrogen) atoms. The third kappa shape index (κ3) is 1.67. The maximum Gasteiger partial charge on any atom is 0.295 e. The molecule has 0 atom stereocenters. The molecule has 0 heterocycles. The Hall–Kier alpha value is -2.19. The Kier molecular flexibility index (Phi) is 2.49. The highest BCUT2D eigenvalue weighted by molar-refractivity contribution is 7.86. The van der Waals surface area contributed by atoms with Gasteiger partial charge in [-0.15, -0.1) is 0 Å². The molecule has 1 aliphatic carbocycles. The highest BCUT2D eigenvalue weighted by Gasteiger charge is 2.32. The van der Waals surface area contributed by atoms with Crippen molar-refractivity contribution < 1.29 is 32.8 Å². The molecule has 0 radical (unpaired) electrons. The summed E-state index contributed by atoms with van der Waals surface area (Å²) in [5.41, 5.74) is -1.30. The Labute approximate surface area is 101 Å². The average Bonchev–Trinajstić information content (AvgIpc) is 2.25. The quantitative estimate of drug-likeness (QED) is 0.493. The summed E-state index contributed by atoms with van der Waals surface area (Å²) in [7, 11) is -4.82. The molecule has 3 N–H and O–H groups in total. The van der Waals surface area contributed by atoms with Gasteiger partial charge in [-0.25, -0.2) is 0 Å². The maximum absolute atomic E-state index is 11.6. The van der Waals surface area contributed by atoms with Gasteiger partial charge in [0.1, 0.15) is 4.90 Å². The fourth-order valence-electron chi connectivity index (χ4n) is 1.64. The van der Waals surface area contributed by atoms with E-state index >= 15 is 0 Å². The lowest BCUT2D eigenvalue weighted by Gasteiger charge is -2.14. The van der Waals surface area contributed by atoms with E-state index in [0.29, 0.717) is 6.07 Å². The number of phenols is 2. The summed E-state index contributed by atoms with van der Waals surface area (Å²) >= 11 is 0. The van der Waals surface area contributed by atoms with Crippen LogP contribution in [0.25, 0.3) is 0 Å². The summed E-state index contributed by atoms with van der Waals surface area (Å²) in [6, 6.07) is 0.508. The van der Waals surface area contributed by atoms with Gasteiger partial charge in [-0.05, 0) is 12.2 Å². The van der Waals surface area contributed by atoms with E-state index < -0.39 is 49.2 Å². The van der Waals surface area contributed by atoms with Gasteiger partial charge in [0.15, 0.2) is 23.1 Å². The summed E-state index contributed by atoms with van der Waals surface area (Å²) < 4.78 is 31.1. The Morgan fingerprint density at radius 1 is 0.944 bits per heavy atom. The SMILES string of the molecule is O=C1C=CC(=O)c2c(O)c(O)cc(S(=O)(=O)O)c21. The van der Waals surface area contributed by atoms with Crippen LogP contribution in [0.3, 0.4) is 0 Å². The Balaban J connectivity index is 2.99. The molecule has 0 bridgehead atoms. The van der Waals surface area contributed by atoms with Gasteiger partial charge in [0.2, 0.25) is 0 Å². The molecular formula is C10H6O7S. The van der Waals surface area contributed by atoms with Crippen molar-refractivity contribution in [2.45, 2.75) is 4.90 Å². The highest BCUT2D eigenvalue weighted by atomic mass is 32.2. The van der Waals surface area contributed by atoms with Gasteiger partial charge in [0, 0.05) is 6.07 Å². The van der Waals surface area contributed by atoms with E-state index in [4.69, 9.17) is 4.55 Å². The maximum atomic E-state index is 11.6. The molecule has 0 amide bonds. The normalized spacial score (nSPS) is 14.7. The van der Waals surface area contributed by atoms with Crippen LogP contribution in [0.1, 0.15) is 20.7 Å². The van der Waals surface area contributed by atoms with Crippen molar-refractivity contribution in [2.75, 3.05) is 0 Å². The molecule has 0 saturated carbocycles. The molecule has 2 rings (SSSR count). The molecule has 0 unspecified atom stereocenters. The monoisotopic (exact) mass is 270 g/mol. The number of fused-ring (bicyclic) bond motifs is 1. The van der Waals surface area contributed by atoms with E-state index in [0.717, 1.165) is 12.2 Å². The van der Waals surface area contributed by atoms with Crippen molar-refractivity contribution in [2.24, 2.45) is 0 Å². The summed E-state index contributed by atoms with van der Waals surface area (Å²) in [6.07, 6.45) is 1.65. The summed E-state index contributed by atoms with van der Waals surface area (Å²) in [4.78, 5) is 22.1. The molecule has 1 aromatic rings. The van der Waals surface area contributed by atoms with Gasteiger partial charge in [-0.2, -0.15) is 8.42 Å². The van der Waals surface area contributed by atoms with Crippen molar-refractivity contribution in [3.63, 3.8) is 0 Å². The van der Waals surface area contributed by atoms with Crippen LogP contribution in [0, 0.1) is 0 Å². The number of aromatic hydroxyl groups is 2. The van der Waals surface area contributed by atoms with Gasteiger partial charge < -0.3 is 10.2 Å². The predicted octanol–water partition coefficient (Wildman–Crippen LogP) is 0.280. The molecule has 8 heteroatoms. The Bertz CT molecular complexity index is 712. The number of ketones is 2. The van der Waals surface area contributed by atoms with E-state index in [1.54, 1.807) is 0 Å². The van der Waals surface area contributed by atoms with E-state index in [-0.39, 0.29) is 0 Å². The number of hydrogen-bond donors (Lipinski definition) is 3. The van der Waals surface area contributed by atoms with E-state index in [9.17, 15) is 28.2 Å². The minimum absolute atomic E-state index is 0.508. The molecular weight excluding hydrogens is 264 g/mol. The number of benzene rings is 1. The first-order chi connectivity index (χ1) is 8.23. The second-order valence-corrected chi connectivity index (χ2v) is 4.92. The van der Waals surface area contributed by atoms with E-state index in [2.05, 4.69) is 0 Å². The number of allylic oxidation sites excluding steroid dienone is 2. The Morgan fingerprint density at radius 3 is 1.94 bits per heavy atom. The van der Waals surface area contributed by atoms with Crippen molar-refractivity contribution in [3.8, 4) is 11.5 Å². The second-order valence-electron chi connectivity index (χ2n) is 3.53. The van der Waals surface area contributed by atoms with Crippen LogP contribution in [0.5, 0.6) is 11.5 Å². The van der Waals surface area contributed by atoms with Crippen LogP contribution in [-0.4, -0.2) is 34.8 Å². The summed E-state index contributed by atoms with van der Waals surface area (Å²) in [5, 5.41) is 18.8. The van der Waals surface area contributed by atoms with E-state index in [1.165, 1.54) is 0 Å². The van der Waals surface area contributed by atoms with Gasteiger partial charge in [0.05, 0.1) is 11.1 Å². The minimum Gasteiger partial charge on any atom is -0.504 e. The zero-order valence-electron chi connectivity index (χ0n) is 8.61. The standard InChI is InChI=1S/C10H6O7S/c11-4-1-2-5(12)9-8(4)7(18(15,16)17)3-6(13)10(9)14/h1-3,13-14H,(H,15,16,17). The lowest BCUT2D eigenvalue weighted by atomic mass is 9.93. The Morgan fingerprint density at radius 2 is 1.44 bits per heavy atom. The molecule has 0 fully saturated rings. The van der Waals surface area contributed by atoms with Crippen molar-refractivity contribution in [1.29, 1.82) is 0 Å². The molecule has 94 valence electrons. The van der Waals surface area contributed by atoms with Gasteiger partial charge in [-0.1, -0.05) is 0 Å². The number of phenolic OH excluding ortho intramolecular Hbond substituents is 2. The van der Waals surface area contributed by atoms with Crippen LogP contribution in [0.2, 0.25) is 0 Å². The lowest BCUT2D eigenvalue weighted by Crippen LogP contribution is -2.17. The van der Waals surface area contributed by atoms with E-state index in [1.807, 2.05) is 0 Å². The van der Waals surface area contributed by atoms with Crippen LogP contribution >= 0.6 is 0 Å². The fourth-order valence-corrected chi connectivity index (χ4v) is 2.36. The first-order valence-electron chi connectivity index (χ1n) is 4.56. The fraction of sp³-hybridized carbons (Fsp3) is 0. The molecule has 0 spiro atoms. The van der Waals surface area contributed by atoms with Crippen molar-refractivity contribution >= 4 is 21.7 Å². The number of carbonyl (C=O) groups excluding carboxylic acids is 2. The lowest BCUT2D eigenvalue weighted by molar-refractivity contribution is 0.0988. The van der Waals surface area contributed by atoms with Gasteiger partial charge in [-0.3, -0.25) is 14.1 Å². The molecule has 7 nitrogen and oxygen atoms in total. The molecule has 0 aromatic heterocycles. The van der Waals surface area contributed by atoms with Crippen LogP contribution < -0.4 is 0 Å². The number of hydrogen-bond acceptors (Lipinski definition) is 6. The number of rotatable bonds is 1. The van der Waals surface area contributed by atoms with Crippen LogP contribution in [-0.2, 0) is 10.1 Å². The third-order valence-corrected chi connectivity index (χ3v) is 3.28. The molecule has 1 aromatic carbocycles. The zero-order valence-corrected chi connectivity index (χ0v) is 9.43. The highest BCUT2D eigenvalue weighted by Crippen LogP contribution is 2.38. The number of carbonyl (C=O) groups is 2. The molecule has 0 aliphatic heterocycles. The van der Waals surface area contributed by atoms with Crippen LogP contribution in [0.4, 0.5) is 0 Å². The minimum atomic E-state index is -4.82. The molecule has 0 saturated heterocycles. The summed E-state index contributed by atoms with van der Waals surface area (Å²) in [6.45, 7) is 0. The van der Waals surface area contributed by atoms with Crippen molar-refractivity contribution in [3.05, 3.63) is 29.3 Å². The first kappa shape index (κ1) is 12.3. The van der Waals surface area contributed by atoms with Gasteiger partial charge in [0.25, 0.3) is 10.1 Å². The van der Waals surface area contributed by atoms with Gasteiger partial charge >= 0.3 is 0 Å². The zero-order chi connectivity index (χ0) is 13.7. The largest absolute Gasteiger partial charge is 0.504 e.